The molecule has 0 aromatic carbocycles. The fraction of sp³-hybridized carbons (Fsp3) is 1.00. The molecule has 0 heterocycles. The molecule has 0 spiro atoms. The van der Waals surface area contributed by atoms with Gasteiger partial charge in [0.2, 0.25) is 0 Å². The van der Waals surface area contributed by atoms with Gasteiger partial charge in [-0.3, -0.25) is 0 Å². The average Bonchev–Trinajstić information content (AvgIpc) is 2.10. The molecule has 0 aromatic heterocycles. The smallest absolute Gasteiger partial charge is 0.301 e. The Kier molecular flexibility index (Phi) is 5.51. The lowest BCUT2D eigenvalue weighted by molar-refractivity contribution is -0.171. The quantitative estimate of drug-likeness (QED) is 0.773. The highest BCUT2D eigenvalue weighted by Crippen LogP contribution is 2.31. The highest BCUT2D eigenvalue weighted by atomic mass is 19.4. The summed E-state index contributed by atoms with van der Waals surface area (Å²) in [5, 5.41) is 2.79. The third-order valence-electron chi connectivity index (χ3n) is 3.69. The summed E-state index contributed by atoms with van der Waals surface area (Å²) in [6, 6.07) is -1.45. The van der Waals surface area contributed by atoms with Crippen LogP contribution in [0.25, 0.3) is 0 Å². The molecule has 1 unspecified atom stereocenters. The molecule has 1 nitrogen and oxygen atoms in total. The predicted molar refractivity (Wildman–Crippen MR) is 65.9 cm³/mol. The number of alkyl halides is 3. The second-order valence-corrected chi connectivity index (χ2v) is 6.16. The molecular weight excluding hydrogens is 227 g/mol. The second-order valence-electron chi connectivity index (χ2n) is 6.16. The van der Waals surface area contributed by atoms with E-state index >= 15 is 0 Å². The topological polar surface area (TPSA) is 12.0 Å². The van der Waals surface area contributed by atoms with Gasteiger partial charge in [-0.15, -0.1) is 0 Å². The van der Waals surface area contributed by atoms with Crippen LogP contribution in [-0.2, 0) is 0 Å². The Morgan fingerprint density at radius 3 is 1.47 bits per heavy atom. The van der Waals surface area contributed by atoms with E-state index in [4.69, 9.17) is 0 Å². The predicted octanol–water partition coefficient (Wildman–Crippen LogP) is 4.23. The van der Waals surface area contributed by atoms with Gasteiger partial charge in [-0.1, -0.05) is 34.6 Å². The number of halogens is 3. The number of rotatable bonds is 5. The first-order valence-corrected chi connectivity index (χ1v) is 6.24. The molecule has 0 amide bonds. The highest BCUT2D eigenvalue weighted by molar-refractivity contribution is 4.91. The van der Waals surface area contributed by atoms with Gasteiger partial charge in [0.15, 0.2) is 0 Å². The van der Waals surface area contributed by atoms with Crippen LogP contribution in [0.15, 0.2) is 0 Å². The van der Waals surface area contributed by atoms with Crippen LogP contribution in [-0.4, -0.2) is 17.8 Å². The van der Waals surface area contributed by atoms with Crippen LogP contribution >= 0.6 is 0 Å². The van der Waals surface area contributed by atoms with Crippen molar-refractivity contribution >= 4 is 0 Å². The van der Waals surface area contributed by atoms with Crippen LogP contribution in [0.1, 0.15) is 48.5 Å². The molecule has 0 rings (SSSR count). The summed E-state index contributed by atoms with van der Waals surface area (Å²) < 4.78 is 38.7. The SMILES string of the molecule is CC(C)C(C)C(C)(C)N[C@@H](C(C)C)C(F)(F)F. The molecule has 0 saturated carbocycles. The fourth-order valence-electron chi connectivity index (χ4n) is 1.99. The molecule has 0 bridgehead atoms. The van der Waals surface area contributed by atoms with Gasteiger partial charge in [0.25, 0.3) is 0 Å². The van der Waals surface area contributed by atoms with Crippen molar-refractivity contribution in [2.75, 3.05) is 0 Å². The second kappa shape index (κ2) is 5.59. The van der Waals surface area contributed by atoms with E-state index < -0.39 is 23.7 Å². The standard InChI is InChI=1S/C13H26F3N/c1-8(2)10(5)12(6,7)17-11(9(3)4)13(14,15)16/h8-11,17H,1-7H3/t10?,11-/m0/s1. The Morgan fingerprint density at radius 1 is 0.824 bits per heavy atom. The molecule has 4 heteroatoms. The maximum absolute atomic E-state index is 12.9. The molecule has 0 aliphatic carbocycles. The molecular formula is C13H26F3N. The first-order chi connectivity index (χ1) is 7.39. The zero-order valence-electron chi connectivity index (χ0n) is 11.9. The van der Waals surface area contributed by atoms with Gasteiger partial charge < -0.3 is 5.32 Å². The van der Waals surface area contributed by atoms with Crippen molar-refractivity contribution in [3.8, 4) is 0 Å². The van der Waals surface area contributed by atoms with E-state index in [1.807, 2.05) is 34.6 Å². The zero-order chi connectivity index (χ0) is 14.0. The molecule has 104 valence electrons. The van der Waals surface area contributed by atoms with Gasteiger partial charge in [0.1, 0.15) is 6.04 Å². The average molecular weight is 253 g/mol. The van der Waals surface area contributed by atoms with Gasteiger partial charge in [0.05, 0.1) is 0 Å². The largest absolute Gasteiger partial charge is 0.404 e. The highest BCUT2D eigenvalue weighted by Gasteiger charge is 2.45. The molecule has 0 saturated heterocycles. The van der Waals surface area contributed by atoms with Crippen molar-refractivity contribution in [2.24, 2.45) is 17.8 Å². The van der Waals surface area contributed by atoms with Crippen LogP contribution in [0.5, 0.6) is 0 Å². The van der Waals surface area contributed by atoms with Crippen LogP contribution in [0, 0.1) is 17.8 Å². The summed E-state index contributed by atoms with van der Waals surface area (Å²) in [5.74, 6) is 0.0540. The van der Waals surface area contributed by atoms with E-state index in [-0.39, 0.29) is 5.92 Å². The number of hydrogen-bond donors (Lipinski definition) is 1. The Morgan fingerprint density at radius 2 is 1.24 bits per heavy atom. The molecule has 17 heavy (non-hydrogen) atoms. The lowest BCUT2D eigenvalue weighted by Crippen LogP contribution is -2.58. The fourth-order valence-corrected chi connectivity index (χ4v) is 1.99. The Labute approximate surface area is 103 Å². The normalized spacial score (nSPS) is 17.6. The Balaban J connectivity index is 4.88. The van der Waals surface area contributed by atoms with Gasteiger partial charge in [-0.05, 0) is 31.6 Å². The monoisotopic (exact) mass is 253 g/mol. The molecule has 0 aliphatic rings. The third-order valence-corrected chi connectivity index (χ3v) is 3.69. The van der Waals surface area contributed by atoms with Crippen molar-refractivity contribution < 1.29 is 13.2 Å². The minimum absolute atomic E-state index is 0.172. The van der Waals surface area contributed by atoms with E-state index in [1.165, 1.54) is 0 Å². The molecule has 1 N–H and O–H groups in total. The summed E-state index contributed by atoms with van der Waals surface area (Å²) in [4.78, 5) is 0. The van der Waals surface area contributed by atoms with Crippen LogP contribution in [0.3, 0.4) is 0 Å². The van der Waals surface area contributed by atoms with E-state index in [2.05, 4.69) is 5.32 Å². The van der Waals surface area contributed by atoms with Crippen LogP contribution in [0.4, 0.5) is 13.2 Å². The lowest BCUT2D eigenvalue weighted by atomic mass is 9.80. The third kappa shape index (κ3) is 4.86. The van der Waals surface area contributed by atoms with Crippen LogP contribution in [0.2, 0.25) is 0 Å². The Hall–Kier alpha value is -0.250. The van der Waals surface area contributed by atoms with Crippen molar-refractivity contribution in [3.05, 3.63) is 0 Å². The molecule has 0 fully saturated rings. The lowest BCUT2D eigenvalue weighted by Gasteiger charge is -2.40. The summed E-state index contributed by atoms with van der Waals surface area (Å²) in [5.41, 5.74) is -0.529. The van der Waals surface area contributed by atoms with E-state index in [0.29, 0.717) is 5.92 Å². The maximum atomic E-state index is 12.9. The first kappa shape index (κ1) is 16.8. The molecule has 0 aliphatic heterocycles. The minimum Gasteiger partial charge on any atom is -0.301 e. The van der Waals surface area contributed by atoms with Crippen molar-refractivity contribution in [1.29, 1.82) is 0 Å². The van der Waals surface area contributed by atoms with Gasteiger partial charge >= 0.3 is 6.18 Å². The van der Waals surface area contributed by atoms with Gasteiger partial charge in [0, 0.05) is 5.54 Å². The van der Waals surface area contributed by atoms with E-state index in [0.717, 1.165) is 0 Å². The summed E-state index contributed by atoms with van der Waals surface area (Å²) >= 11 is 0. The van der Waals surface area contributed by atoms with Crippen molar-refractivity contribution in [3.63, 3.8) is 0 Å². The summed E-state index contributed by atoms with van der Waals surface area (Å²) in [6.45, 7) is 12.9. The molecule has 0 aromatic rings. The number of nitrogens with one attached hydrogen (secondary N) is 1. The van der Waals surface area contributed by atoms with Gasteiger partial charge in [-0.25, -0.2) is 0 Å². The van der Waals surface area contributed by atoms with Crippen LogP contribution < -0.4 is 5.32 Å². The molecule has 2 atom stereocenters. The van der Waals surface area contributed by atoms with Crippen molar-refractivity contribution in [2.45, 2.75) is 66.2 Å². The zero-order valence-corrected chi connectivity index (χ0v) is 11.9. The van der Waals surface area contributed by atoms with Gasteiger partial charge in [-0.2, -0.15) is 13.2 Å². The minimum atomic E-state index is -4.19. The molecule has 0 radical (unpaired) electrons. The summed E-state index contributed by atoms with van der Waals surface area (Å²) in [6.07, 6.45) is -4.19. The van der Waals surface area contributed by atoms with E-state index in [9.17, 15) is 13.2 Å². The first-order valence-electron chi connectivity index (χ1n) is 6.24. The Bertz CT molecular complexity index is 231. The van der Waals surface area contributed by atoms with Crippen molar-refractivity contribution in [1.82, 2.24) is 5.32 Å². The van der Waals surface area contributed by atoms with E-state index in [1.54, 1.807) is 13.8 Å². The number of hydrogen-bond acceptors (Lipinski definition) is 1. The summed E-state index contributed by atoms with van der Waals surface area (Å²) in [7, 11) is 0. The maximum Gasteiger partial charge on any atom is 0.404 e.